The summed E-state index contributed by atoms with van der Waals surface area (Å²) in [5, 5.41) is 0. The first-order chi connectivity index (χ1) is 7.58. The molecule has 1 aromatic rings. The third kappa shape index (κ3) is 3.08. The molecule has 1 unspecified atom stereocenters. The first-order valence-electron chi connectivity index (χ1n) is 5.33. The maximum absolute atomic E-state index is 5.57. The van der Waals surface area contributed by atoms with Gasteiger partial charge in [0.2, 0.25) is 0 Å². The highest BCUT2D eigenvalue weighted by atomic mass is 16.5. The van der Waals surface area contributed by atoms with Crippen molar-refractivity contribution in [1.82, 2.24) is 5.43 Å². The Morgan fingerprint density at radius 2 is 2.25 bits per heavy atom. The average molecular weight is 220 g/mol. The second-order valence-electron chi connectivity index (χ2n) is 4.13. The predicted molar refractivity (Wildman–Crippen MR) is 67.2 cm³/mol. The van der Waals surface area contributed by atoms with Gasteiger partial charge in [0.1, 0.15) is 5.75 Å². The molecule has 3 heteroatoms. The van der Waals surface area contributed by atoms with Crippen LogP contribution in [0.2, 0.25) is 0 Å². The quantitative estimate of drug-likeness (QED) is 0.455. The molecule has 0 saturated carbocycles. The highest BCUT2D eigenvalue weighted by molar-refractivity contribution is 5.39. The number of aryl methyl sites for hydroxylation is 1. The summed E-state index contributed by atoms with van der Waals surface area (Å²) in [6.45, 7) is 7.93. The van der Waals surface area contributed by atoms with Crippen molar-refractivity contribution in [3.8, 4) is 5.75 Å². The van der Waals surface area contributed by atoms with Crippen LogP contribution in [0.1, 0.15) is 30.5 Å². The minimum atomic E-state index is 0.0491. The second kappa shape index (κ2) is 5.68. The van der Waals surface area contributed by atoms with Gasteiger partial charge in [-0.25, -0.2) is 0 Å². The van der Waals surface area contributed by atoms with Crippen LogP contribution in [0.5, 0.6) is 5.75 Å². The fraction of sp³-hybridized carbons (Fsp3) is 0.385. The molecule has 0 saturated heterocycles. The monoisotopic (exact) mass is 220 g/mol. The smallest absolute Gasteiger partial charge is 0.123 e. The molecule has 3 N–H and O–H groups in total. The summed E-state index contributed by atoms with van der Waals surface area (Å²) in [4.78, 5) is 0. The van der Waals surface area contributed by atoms with Crippen LogP contribution < -0.4 is 16.0 Å². The van der Waals surface area contributed by atoms with E-state index in [9.17, 15) is 0 Å². The van der Waals surface area contributed by atoms with Crippen LogP contribution in [-0.2, 0) is 0 Å². The molecule has 1 atom stereocenters. The Morgan fingerprint density at radius 1 is 1.56 bits per heavy atom. The maximum atomic E-state index is 5.57. The largest absolute Gasteiger partial charge is 0.496 e. The van der Waals surface area contributed by atoms with Crippen molar-refractivity contribution in [1.29, 1.82) is 0 Å². The van der Waals surface area contributed by atoms with Crippen molar-refractivity contribution in [3.05, 3.63) is 41.5 Å². The third-order valence-corrected chi connectivity index (χ3v) is 2.52. The number of nitrogens with one attached hydrogen (secondary N) is 1. The first kappa shape index (κ1) is 12.7. The van der Waals surface area contributed by atoms with Crippen LogP contribution in [0, 0.1) is 6.92 Å². The summed E-state index contributed by atoms with van der Waals surface area (Å²) in [5.41, 5.74) is 6.13. The van der Waals surface area contributed by atoms with E-state index >= 15 is 0 Å². The molecule has 0 aliphatic carbocycles. The van der Waals surface area contributed by atoms with E-state index in [-0.39, 0.29) is 6.04 Å². The van der Waals surface area contributed by atoms with Crippen molar-refractivity contribution in [2.75, 3.05) is 7.11 Å². The zero-order valence-electron chi connectivity index (χ0n) is 10.2. The Kier molecular flexibility index (Phi) is 4.52. The number of ether oxygens (including phenoxy) is 1. The van der Waals surface area contributed by atoms with Gasteiger partial charge in [0.25, 0.3) is 0 Å². The summed E-state index contributed by atoms with van der Waals surface area (Å²) < 4.78 is 5.37. The molecule has 88 valence electrons. The number of nitrogens with two attached hydrogens (primary N) is 1. The van der Waals surface area contributed by atoms with Crippen molar-refractivity contribution in [3.63, 3.8) is 0 Å². The summed E-state index contributed by atoms with van der Waals surface area (Å²) in [6, 6.07) is 6.16. The third-order valence-electron chi connectivity index (χ3n) is 2.52. The lowest BCUT2D eigenvalue weighted by atomic mass is 9.99. The molecule has 0 aromatic heterocycles. The molecule has 0 aliphatic heterocycles. The SMILES string of the molecule is C=C(C)CC(NN)c1ccc(C)cc1OC. The zero-order valence-corrected chi connectivity index (χ0v) is 10.2. The minimum Gasteiger partial charge on any atom is -0.496 e. The second-order valence-corrected chi connectivity index (χ2v) is 4.13. The van der Waals surface area contributed by atoms with Crippen LogP contribution in [-0.4, -0.2) is 7.11 Å². The van der Waals surface area contributed by atoms with Crippen LogP contribution in [0.4, 0.5) is 0 Å². The number of hydrogen-bond donors (Lipinski definition) is 2. The van der Waals surface area contributed by atoms with Crippen molar-refractivity contribution in [2.45, 2.75) is 26.3 Å². The molecule has 1 rings (SSSR count). The van der Waals surface area contributed by atoms with Gasteiger partial charge in [-0.2, -0.15) is 0 Å². The van der Waals surface area contributed by atoms with Gasteiger partial charge in [-0.05, 0) is 31.9 Å². The topological polar surface area (TPSA) is 47.3 Å². The van der Waals surface area contributed by atoms with Gasteiger partial charge in [-0.3, -0.25) is 11.3 Å². The van der Waals surface area contributed by atoms with Gasteiger partial charge in [0.05, 0.1) is 13.2 Å². The number of hydrazine groups is 1. The molecule has 16 heavy (non-hydrogen) atoms. The normalized spacial score (nSPS) is 12.2. The van der Waals surface area contributed by atoms with E-state index in [0.717, 1.165) is 23.3 Å². The lowest BCUT2D eigenvalue weighted by molar-refractivity contribution is 0.398. The zero-order chi connectivity index (χ0) is 12.1. The number of hydrogen-bond acceptors (Lipinski definition) is 3. The lowest BCUT2D eigenvalue weighted by Gasteiger charge is -2.19. The van der Waals surface area contributed by atoms with E-state index in [2.05, 4.69) is 18.1 Å². The Hall–Kier alpha value is -1.32. The van der Waals surface area contributed by atoms with Crippen molar-refractivity contribution < 1.29 is 4.74 Å². The standard InChI is InChI=1S/C13H20N2O/c1-9(2)7-12(15-14)11-6-5-10(3)8-13(11)16-4/h5-6,8,12,15H,1,7,14H2,2-4H3. The predicted octanol–water partition coefficient (Wildman–Crippen LogP) is 2.47. The molecule has 0 amide bonds. The van der Waals surface area contributed by atoms with E-state index < -0.39 is 0 Å². The number of rotatable bonds is 5. The highest BCUT2D eigenvalue weighted by Crippen LogP contribution is 2.29. The molecule has 0 spiro atoms. The van der Waals surface area contributed by atoms with Crippen molar-refractivity contribution >= 4 is 0 Å². The molecular weight excluding hydrogens is 200 g/mol. The Balaban J connectivity index is 3.03. The molecule has 1 aromatic carbocycles. The Morgan fingerprint density at radius 3 is 2.75 bits per heavy atom. The van der Waals surface area contributed by atoms with Crippen LogP contribution in [0.25, 0.3) is 0 Å². The lowest BCUT2D eigenvalue weighted by Crippen LogP contribution is -2.28. The number of benzene rings is 1. The summed E-state index contributed by atoms with van der Waals surface area (Å²) >= 11 is 0. The van der Waals surface area contributed by atoms with Gasteiger partial charge in [0.15, 0.2) is 0 Å². The summed E-state index contributed by atoms with van der Waals surface area (Å²) in [5.74, 6) is 6.43. The summed E-state index contributed by atoms with van der Waals surface area (Å²) in [6.07, 6.45) is 0.802. The minimum absolute atomic E-state index is 0.0491. The molecule has 0 bridgehead atoms. The van der Waals surface area contributed by atoms with E-state index in [1.54, 1.807) is 7.11 Å². The average Bonchev–Trinajstić information content (AvgIpc) is 2.25. The van der Waals surface area contributed by atoms with Gasteiger partial charge >= 0.3 is 0 Å². The van der Waals surface area contributed by atoms with Crippen LogP contribution in [0.15, 0.2) is 30.4 Å². The Labute approximate surface area is 97.3 Å². The molecule has 0 fully saturated rings. The molecule has 0 aliphatic rings. The van der Waals surface area contributed by atoms with Gasteiger partial charge in [-0.1, -0.05) is 17.7 Å². The van der Waals surface area contributed by atoms with Gasteiger partial charge in [-0.15, -0.1) is 6.58 Å². The van der Waals surface area contributed by atoms with Crippen molar-refractivity contribution in [2.24, 2.45) is 5.84 Å². The fourth-order valence-electron chi connectivity index (χ4n) is 1.71. The van der Waals surface area contributed by atoms with E-state index in [0.29, 0.717) is 0 Å². The fourth-order valence-corrected chi connectivity index (χ4v) is 1.71. The summed E-state index contributed by atoms with van der Waals surface area (Å²) in [7, 11) is 1.67. The molecule has 3 nitrogen and oxygen atoms in total. The maximum Gasteiger partial charge on any atom is 0.123 e. The van der Waals surface area contributed by atoms with E-state index in [4.69, 9.17) is 10.6 Å². The van der Waals surface area contributed by atoms with E-state index in [1.807, 2.05) is 26.0 Å². The molecule has 0 heterocycles. The van der Waals surface area contributed by atoms with E-state index in [1.165, 1.54) is 5.56 Å². The molecular formula is C13H20N2O. The first-order valence-corrected chi connectivity index (χ1v) is 5.33. The van der Waals surface area contributed by atoms with Crippen LogP contribution >= 0.6 is 0 Å². The van der Waals surface area contributed by atoms with Gasteiger partial charge in [0, 0.05) is 5.56 Å². The van der Waals surface area contributed by atoms with Crippen LogP contribution in [0.3, 0.4) is 0 Å². The Bertz CT molecular complexity index is 374. The van der Waals surface area contributed by atoms with Gasteiger partial charge < -0.3 is 4.74 Å². The highest BCUT2D eigenvalue weighted by Gasteiger charge is 2.14. The molecule has 0 radical (unpaired) electrons. The number of methoxy groups -OCH3 is 1.